The van der Waals surface area contributed by atoms with Crippen LogP contribution in [0.2, 0.25) is 0 Å². The molecule has 124 valence electrons. The zero-order chi connectivity index (χ0) is 16.5. The van der Waals surface area contributed by atoms with Gasteiger partial charge in [-0.15, -0.1) is 0 Å². The summed E-state index contributed by atoms with van der Waals surface area (Å²) in [7, 11) is 1.62. The van der Waals surface area contributed by atoms with E-state index in [4.69, 9.17) is 15.2 Å². The molecule has 0 aliphatic carbocycles. The Kier molecular flexibility index (Phi) is 7.91. The summed E-state index contributed by atoms with van der Waals surface area (Å²) in [5.74, 6) is 1.14. The number of rotatable bonds is 9. The lowest BCUT2D eigenvalue weighted by atomic mass is 10.0. The largest absolute Gasteiger partial charge is 0.497 e. The van der Waals surface area contributed by atoms with E-state index in [9.17, 15) is 4.79 Å². The molecule has 0 aromatic heterocycles. The Morgan fingerprint density at radius 1 is 1.32 bits per heavy atom. The van der Waals surface area contributed by atoms with Gasteiger partial charge in [-0.1, -0.05) is 26.0 Å². The van der Waals surface area contributed by atoms with E-state index in [1.54, 1.807) is 14.0 Å². The van der Waals surface area contributed by atoms with Gasteiger partial charge in [0.05, 0.1) is 13.7 Å². The molecular formula is C17H28N2O3. The average Bonchev–Trinajstić information content (AvgIpc) is 2.51. The van der Waals surface area contributed by atoms with Crippen LogP contribution in [0.3, 0.4) is 0 Å². The van der Waals surface area contributed by atoms with E-state index in [0.29, 0.717) is 19.1 Å². The number of amides is 1. The van der Waals surface area contributed by atoms with Gasteiger partial charge in [-0.3, -0.25) is 4.79 Å². The molecule has 0 saturated carbocycles. The SMILES string of the molecule is COc1cccc(COC(C)C(=O)NC(CN)CC(C)C)c1. The van der Waals surface area contributed by atoms with Crippen molar-refractivity contribution in [2.45, 2.75) is 45.9 Å². The zero-order valence-electron chi connectivity index (χ0n) is 14.0. The van der Waals surface area contributed by atoms with Crippen molar-refractivity contribution >= 4 is 5.91 Å². The van der Waals surface area contributed by atoms with Crippen LogP contribution in [-0.2, 0) is 16.1 Å². The number of ether oxygens (including phenoxy) is 2. The van der Waals surface area contributed by atoms with Crippen LogP contribution < -0.4 is 15.8 Å². The molecule has 1 aromatic rings. The molecule has 5 nitrogen and oxygen atoms in total. The van der Waals surface area contributed by atoms with Crippen molar-refractivity contribution in [1.29, 1.82) is 0 Å². The number of benzene rings is 1. The van der Waals surface area contributed by atoms with Gasteiger partial charge in [0.25, 0.3) is 0 Å². The normalized spacial score (nSPS) is 13.7. The van der Waals surface area contributed by atoms with Crippen molar-refractivity contribution in [3.8, 4) is 5.75 Å². The molecule has 2 unspecified atom stereocenters. The second kappa shape index (κ2) is 9.43. The van der Waals surface area contributed by atoms with Gasteiger partial charge in [0.1, 0.15) is 11.9 Å². The van der Waals surface area contributed by atoms with Gasteiger partial charge < -0.3 is 20.5 Å². The van der Waals surface area contributed by atoms with Gasteiger partial charge >= 0.3 is 0 Å². The first kappa shape index (κ1) is 18.5. The van der Waals surface area contributed by atoms with Crippen LogP contribution in [-0.4, -0.2) is 31.7 Å². The minimum Gasteiger partial charge on any atom is -0.497 e. The first-order valence-corrected chi connectivity index (χ1v) is 7.71. The summed E-state index contributed by atoms with van der Waals surface area (Å²) in [5, 5.41) is 2.94. The Balaban J connectivity index is 2.46. The molecule has 1 aromatic carbocycles. The average molecular weight is 308 g/mol. The van der Waals surface area contributed by atoms with Gasteiger partial charge in [-0.05, 0) is 37.0 Å². The van der Waals surface area contributed by atoms with Crippen molar-refractivity contribution in [1.82, 2.24) is 5.32 Å². The molecule has 1 amide bonds. The Bertz CT molecular complexity index is 463. The predicted molar refractivity (Wildman–Crippen MR) is 87.7 cm³/mol. The predicted octanol–water partition coefficient (Wildman–Crippen LogP) is 2.09. The molecule has 22 heavy (non-hydrogen) atoms. The number of nitrogens with one attached hydrogen (secondary N) is 1. The van der Waals surface area contributed by atoms with E-state index >= 15 is 0 Å². The molecule has 5 heteroatoms. The summed E-state index contributed by atoms with van der Waals surface area (Å²) >= 11 is 0. The van der Waals surface area contributed by atoms with E-state index in [-0.39, 0.29) is 11.9 Å². The van der Waals surface area contributed by atoms with Crippen LogP contribution in [0.4, 0.5) is 0 Å². The highest BCUT2D eigenvalue weighted by Gasteiger charge is 2.18. The molecule has 0 fully saturated rings. The summed E-state index contributed by atoms with van der Waals surface area (Å²) in [4.78, 5) is 12.1. The lowest BCUT2D eigenvalue weighted by Crippen LogP contribution is -2.45. The molecule has 0 aliphatic rings. The summed E-state index contributed by atoms with van der Waals surface area (Å²) in [6.45, 7) is 6.77. The van der Waals surface area contributed by atoms with Crippen molar-refractivity contribution in [2.75, 3.05) is 13.7 Å². The molecule has 3 N–H and O–H groups in total. The zero-order valence-corrected chi connectivity index (χ0v) is 14.0. The number of nitrogens with two attached hydrogens (primary N) is 1. The highest BCUT2D eigenvalue weighted by molar-refractivity contribution is 5.80. The Morgan fingerprint density at radius 3 is 2.64 bits per heavy atom. The smallest absolute Gasteiger partial charge is 0.249 e. The third-order valence-electron chi connectivity index (χ3n) is 3.39. The third-order valence-corrected chi connectivity index (χ3v) is 3.39. The topological polar surface area (TPSA) is 73.6 Å². The van der Waals surface area contributed by atoms with Crippen molar-refractivity contribution in [2.24, 2.45) is 11.7 Å². The van der Waals surface area contributed by atoms with Crippen LogP contribution in [0, 0.1) is 5.92 Å². The van der Waals surface area contributed by atoms with Crippen molar-refractivity contribution in [3.63, 3.8) is 0 Å². The van der Waals surface area contributed by atoms with Crippen molar-refractivity contribution < 1.29 is 14.3 Å². The summed E-state index contributed by atoms with van der Waals surface area (Å²) in [6.07, 6.45) is 0.345. The fourth-order valence-electron chi connectivity index (χ4n) is 2.16. The van der Waals surface area contributed by atoms with Crippen LogP contribution in [0.1, 0.15) is 32.8 Å². The Morgan fingerprint density at radius 2 is 2.05 bits per heavy atom. The molecule has 0 heterocycles. The lowest BCUT2D eigenvalue weighted by molar-refractivity contribution is -0.133. The monoisotopic (exact) mass is 308 g/mol. The maximum Gasteiger partial charge on any atom is 0.249 e. The van der Waals surface area contributed by atoms with Gasteiger partial charge in [0, 0.05) is 12.6 Å². The van der Waals surface area contributed by atoms with E-state index in [1.807, 2.05) is 24.3 Å². The minimum atomic E-state index is -0.521. The van der Waals surface area contributed by atoms with Crippen molar-refractivity contribution in [3.05, 3.63) is 29.8 Å². The third kappa shape index (κ3) is 6.45. The van der Waals surface area contributed by atoms with Crippen LogP contribution in [0.5, 0.6) is 5.75 Å². The van der Waals surface area contributed by atoms with Crippen LogP contribution in [0.25, 0.3) is 0 Å². The maximum absolute atomic E-state index is 12.1. The molecule has 1 rings (SSSR count). The number of methoxy groups -OCH3 is 1. The van der Waals surface area contributed by atoms with E-state index in [2.05, 4.69) is 19.2 Å². The molecule has 0 saturated heterocycles. The standard InChI is InChI=1S/C17H28N2O3/c1-12(2)8-15(10-18)19-17(20)13(3)22-11-14-6-5-7-16(9-14)21-4/h5-7,9,12-13,15H,8,10-11,18H2,1-4H3,(H,19,20). The number of hydrogen-bond donors (Lipinski definition) is 2. The fourth-order valence-corrected chi connectivity index (χ4v) is 2.16. The maximum atomic E-state index is 12.1. The fraction of sp³-hybridized carbons (Fsp3) is 0.588. The Hall–Kier alpha value is -1.59. The quantitative estimate of drug-likeness (QED) is 0.732. The van der Waals surface area contributed by atoms with Crippen LogP contribution in [0.15, 0.2) is 24.3 Å². The number of carbonyl (C=O) groups excluding carboxylic acids is 1. The first-order chi connectivity index (χ1) is 10.5. The summed E-state index contributed by atoms with van der Waals surface area (Å²) < 4.78 is 10.8. The van der Waals surface area contributed by atoms with Gasteiger partial charge in [0.15, 0.2) is 0 Å². The van der Waals surface area contributed by atoms with Gasteiger partial charge in [0.2, 0.25) is 5.91 Å². The highest BCUT2D eigenvalue weighted by atomic mass is 16.5. The molecule has 0 radical (unpaired) electrons. The minimum absolute atomic E-state index is 0.00429. The first-order valence-electron chi connectivity index (χ1n) is 7.71. The second-order valence-electron chi connectivity index (χ2n) is 5.88. The number of hydrogen-bond acceptors (Lipinski definition) is 4. The molecule has 2 atom stereocenters. The van der Waals surface area contributed by atoms with E-state index in [1.165, 1.54) is 0 Å². The molecular weight excluding hydrogens is 280 g/mol. The van der Waals surface area contributed by atoms with E-state index in [0.717, 1.165) is 17.7 Å². The highest BCUT2D eigenvalue weighted by Crippen LogP contribution is 2.14. The Labute approximate surface area is 133 Å². The lowest BCUT2D eigenvalue weighted by Gasteiger charge is -2.21. The summed E-state index contributed by atoms with van der Waals surface area (Å²) in [6, 6.07) is 7.60. The molecule has 0 aliphatic heterocycles. The van der Waals surface area contributed by atoms with E-state index < -0.39 is 6.10 Å². The molecule has 0 bridgehead atoms. The molecule has 0 spiro atoms. The van der Waals surface area contributed by atoms with Crippen LogP contribution >= 0.6 is 0 Å². The second-order valence-corrected chi connectivity index (χ2v) is 5.88. The summed E-state index contributed by atoms with van der Waals surface area (Å²) in [5.41, 5.74) is 6.67. The van der Waals surface area contributed by atoms with Gasteiger partial charge in [-0.25, -0.2) is 0 Å². The number of carbonyl (C=O) groups is 1. The van der Waals surface area contributed by atoms with Gasteiger partial charge in [-0.2, -0.15) is 0 Å².